The zero-order valence-corrected chi connectivity index (χ0v) is 17.7. The van der Waals surface area contributed by atoms with Crippen LogP contribution in [0.15, 0.2) is 45.3 Å². The van der Waals surface area contributed by atoms with Crippen molar-refractivity contribution in [2.24, 2.45) is 0 Å². The van der Waals surface area contributed by atoms with Gasteiger partial charge in [0.25, 0.3) is 5.91 Å². The maximum atomic E-state index is 13.3. The summed E-state index contributed by atoms with van der Waals surface area (Å²) in [5, 5.41) is 13.4. The lowest BCUT2D eigenvalue weighted by molar-refractivity contribution is 0.0885. The summed E-state index contributed by atoms with van der Waals surface area (Å²) in [7, 11) is 3.42. The third-order valence-corrected chi connectivity index (χ3v) is 4.99. The predicted molar refractivity (Wildman–Crippen MR) is 112 cm³/mol. The van der Waals surface area contributed by atoms with Crippen LogP contribution in [-0.4, -0.2) is 37.3 Å². The van der Waals surface area contributed by atoms with E-state index >= 15 is 0 Å². The first-order valence-corrected chi connectivity index (χ1v) is 9.57. The number of fused-ring (bicyclic) bond motifs is 1. The molecule has 0 fully saturated rings. The first-order chi connectivity index (χ1) is 13.1. The standard InChI is InChI=1S/C21H22BrFN2O3/c1-21(2,27)11-25(4)16-10-17-14(9-15(16)22)18(20(26)24-3)19(28-17)12-5-7-13(23)8-6-12/h5-10,27H,11H2,1-4H3,(H,24,26). The molecule has 148 valence electrons. The molecule has 0 radical (unpaired) electrons. The van der Waals surface area contributed by atoms with Gasteiger partial charge in [-0.2, -0.15) is 0 Å². The molecule has 1 amide bonds. The van der Waals surface area contributed by atoms with Crippen molar-refractivity contribution in [1.82, 2.24) is 5.32 Å². The minimum Gasteiger partial charge on any atom is -0.455 e. The summed E-state index contributed by atoms with van der Waals surface area (Å²) in [6.07, 6.45) is 0. The molecule has 7 heteroatoms. The Morgan fingerprint density at radius 1 is 1.29 bits per heavy atom. The molecule has 1 heterocycles. The van der Waals surface area contributed by atoms with Crippen LogP contribution >= 0.6 is 15.9 Å². The average Bonchev–Trinajstić information content (AvgIpc) is 2.97. The summed E-state index contributed by atoms with van der Waals surface area (Å²) in [6.45, 7) is 3.88. The smallest absolute Gasteiger partial charge is 0.255 e. The Labute approximate surface area is 171 Å². The number of carbonyl (C=O) groups excluding carboxylic acids is 1. The highest BCUT2D eigenvalue weighted by atomic mass is 79.9. The van der Waals surface area contributed by atoms with E-state index in [1.807, 2.05) is 24.1 Å². The number of anilines is 1. The van der Waals surface area contributed by atoms with Crippen LogP contribution in [0.4, 0.5) is 10.1 Å². The minimum absolute atomic E-state index is 0.289. The molecule has 1 aromatic heterocycles. The van der Waals surface area contributed by atoms with E-state index in [0.717, 1.165) is 10.2 Å². The van der Waals surface area contributed by atoms with Gasteiger partial charge in [-0.3, -0.25) is 4.79 Å². The second kappa shape index (κ2) is 7.56. The van der Waals surface area contributed by atoms with Crippen molar-refractivity contribution in [2.45, 2.75) is 19.4 Å². The quantitative estimate of drug-likeness (QED) is 0.599. The topological polar surface area (TPSA) is 65.7 Å². The van der Waals surface area contributed by atoms with Gasteiger partial charge in [0.2, 0.25) is 0 Å². The van der Waals surface area contributed by atoms with Gasteiger partial charge in [0.05, 0.1) is 16.9 Å². The van der Waals surface area contributed by atoms with Crippen LogP contribution in [0.1, 0.15) is 24.2 Å². The van der Waals surface area contributed by atoms with Crippen molar-refractivity contribution in [3.63, 3.8) is 0 Å². The van der Waals surface area contributed by atoms with Crippen LogP contribution in [0.3, 0.4) is 0 Å². The van der Waals surface area contributed by atoms with Gasteiger partial charge in [-0.15, -0.1) is 0 Å². The molecule has 3 rings (SSSR count). The average molecular weight is 449 g/mol. The summed E-state index contributed by atoms with van der Waals surface area (Å²) in [6, 6.07) is 9.46. The lowest BCUT2D eigenvalue weighted by Gasteiger charge is -2.28. The van der Waals surface area contributed by atoms with E-state index in [1.165, 1.54) is 12.1 Å². The summed E-state index contributed by atoms with van der Waals surface area (Å²) < 4.78 is 20.1. The number of rotatable bonds is 5. The molecule has 2 N–H and O–H groups in total. The third-order valence-electron chi connectivity index (χ3n) is 4.35. The number of nitrogens with one attached hydrogen (secondary N) is 1. The molecule has 0 unspecified atom stereocenters. The van der Waals surface area contributed by atoms with Crippen LogP contribution < -0.4 is 10.2 Å². The highest BCUT2D eigenvalue weighted by Crippen LogP contribution is 2.39. The van der Waals surface area contributed by atoms with Crippen molar-refractivity contribution in [1.29, 1.82) is 0 Å². The van der Waals surface area contributed by atoms with Crippen molar-refractivity contribution in [3.8, 4) is 11.3 Å². The number of furan rings is 1. The third kappa shape index (κ3) is 4.05. The van der Waals surface area contributed by atoms with Crippen molar-refractivity contribution in [3.05, 3.63) is 52.3 Å². The van der Waals surface area contributed by atoms with E-state index in [2.05, 4.69) is 21.2 Å². The Balaban J connectivity index is 2.19. The fourth-order valence-corrected chi connectivity index (χ4v) is 3.86. The second-order valence-electron chi connectivity index (χ2n) is 7.36. The molecule has 0 saturated carbocycles. The van der Waals surface area contributed by atoms with Crippen LogP contribution in [-0.2, 0) is 0 Å². The molecule has 0 aliphatic carbocycles. The van der Waals surface area contributed by atoms with Gasteiger partial charge in [0, 0.05) is 42.1 Å². The summed E-state index contributed by atoms with van der Waals surface area (Å²) in [5.74, 6) is -0.272. The molecule has 0 atom stereocenters. The number of likely N-dealkylation sites (N-methyl/N-ethyl adjacent to an activating group) is 1. The highest BCUT2D eigenvalue weighted by Gasteiger charge is 2.24. The molecule has 0 aliphatic heterocycles. The zero-order valence-electron chi connectivity index (χ0n) is 16.1. The Morgan fingerprint density at radius 3 is 2.50 bits per heavy atom. The molecule has 0 spiro atoms. The molecular weight excluding hydrogens is 427 g/mol. The maximum absolute atomic E-state index is 13.3. The van der Waals surface area contributed by atoms with Crippen LogP contribution in [0.5, 0.6) is 0 Å². The largest absolute Gasteiger partial charge is 0.455 e. The maximum Gasteiger partial charge on any atom is 0.255 e. The SMILES string of the molecule is CNC(=O)c1c(-c2ccc(F)cc2)oc2cc(N(C)CC(C)(C)O)c(Br)cc12. The zero-order chi connectivity index (χ0) is 20.6. The number of halogens is 2. The van der Waals surface area contributed by atoms with Gasteiger partial charge < -0.3 is 19.7 Å². The van der Waals surface area contributed by atoms with Gasteiger partial charge >= 0.3 is 0 Å². The molecule has 2 aromatic carbocycles. The van der Waals surface area contributed by atoms with Crippen molar-refractivity contribution >= 4 is 38.5 Å². The minimum atomic E-state index is -0.876. The number of carbonyl (C=O) groups is 1. The van der Waals surface area contributed by atoms with E-state index in [-0.39, 0.29) is 11.7 Å². The second-order valence-corrected chi connectivity index (χ2v) is 8.21. The summed E-state index contributed by atoms with van der Waals surface area (Å²) >= 11 is 3.56. The Kier molecular flexibility index (Phi) is 5.50. The van der Waals surface area contributed by atoms with Crippen LogP contribution in [0.2, 0.25) is 0 Å². The highest BCUT2D eigenvalue weighted by molar-refractivity contribution is 9.10. The predicted octanol–water partition coefficient (Wildman–Crippen LogP) is 4.57. The fraction of sp³-hybridized carbons (Fsp3) is 0.286. The first kappa shape index (κ1) is 20.4. The first-order valence-electron chi connectivity index (χ1n) is 8.78. The van der Waals surface area contributed by atoms with E-state index in [1.54, 1.807) is 33.0 Å². The van der Waals surface area contributed by atoms with Gasteiger partial charge in [0.1, 0.15) is 17.2 Å². The number of hydrogen-bond acceptors (Lipinski definition) is 4. The Hall–Kier alpha value is -2.38. The van der Waals surface area contributed by atoms with Crippen LogP contribution in [0.25, 0.3) is 22.3 Å². The summed E-state index contributed by atoms with van der Waals surface area (Å²) in [5.41, 5.74) is 1.47. The molecular formula is C21H22BrFN2O3. The lowest BCUT2D eigenvalue weighted by atomic mass is 10.0. The van der Waals surface area contributed by atoms with Crippen molar-refractivity contribution < 1.29 is 18.7 Å². The number of nitrogens with zero attached hydrogens (tertiary/aromatic N) is 1. The molecule has 0 bridgehead atoms. The van der Waals surface area contributed by atoms with E-state index in [0.29, 0.717) is 34.4 Å². The Morgan fingerprint density at radius 2 is 1.93 bits per heavy atom. The molecule has 0 saturated heterocycles. The van der Waals surface area contributed by atoms with Gasteiger partial charge in [0.15, 0.2) is 0 Å². The number of amides is 1. The van der Waals surface area contributed by atoms with Gasteiger partial charge in [-0.05, 0) is 60.1 Å². The van der Waals surface area contributed by atoms with E-state index in [4.69, 9.17) is 4.42 Å². The number of benzene rings is 2. The summed E-state index contributed by atoms with van der Waals surface area (Å²) in [4.78, 5) is 14.5. The molecule has 3 aromatic rings. The number of aliphatic hydroxyl groups is 1. The van der Waals surface area contributed by atoms with E-state index < -0.39 is 5.60 Å². The van der Waals surface area contributed by atoms with Crippen molar-refractivity contribution in [2.75, 3.05) is 25.5 Å². The van der Waals surface area contributed by atoms with Crippen LogP contribution in [0, 0.1) is 5.82 Å². The van der Waals surface area contributed by atoms with Gasteiger partial charge in [-0.1, -0.05) is 0 Å². The lowest BCUT2D eigenvalue weighted by Crippen LogP contribution is -2.36. The van der Waals surface area contributed by atoms with E-state index in [9.17, 15) is 14.3 Å². The normalized spacial score (nSPS) is 11.7. The molecule has 28 heavy (non-hydrogen) atoms. The monoisotopic (exact) mass is 448 g/mol. The Bertz CT molecular complexity index is 1020. The molecule has 5 nitrogen and oxygen atoms in total. The van der Waals surface area contributed by atoms with Gasteiger partial charge in [-0.25, -0.2) is 4.39 Å². The molecule has 0 aliphatic rings. The number of hydrogen-bond donors (Lipinski definition) is 2. The fourth-order valence-electron chi connectivity index (χ4n) is 3.22.